The highest BCUT2D eigenvalue weighted by Gasteiger charge is 2.34. The molecule has 3 atom stereocenters. The first-order chi connectivity index (χ1) is 10.3. The van der Waals surface area contributed by atoms with Gasteiger partial charge in [-0.25, -0.2) is 0 Å². The first-order valence-electron chi connectivity index (χ1n) is 7.73. The van der Waals surface area contributed by atoms with Gasteiger partial charge >= 0.3 is 0 Å². The van der Waals surface area contributed by atoms with Crippen LogP contribution in [-0.4, -0.2) is 22.5 Å². The number of rotatable bonds is 4. The van der Waals surface area contributed by atoms with E-state index in [9.17, 15) is 0 Å². The molecular formula is C18H23N3. The van der Waals surface area contributed by atoms with Gasteiger partial charge in [-0.1, -0.05) is 36.4 Å². The number of aromatic nitrogens is 1. The lowest BCUT2D eigenvalue weighted by molar-refractivity contribution is 0.160. The lowest BCUT2D eigenvalue weighted by Gasteiger charge is -2.36. The fourth-order valence-electron chi connectivity index (χ4n) is 3.50. The van der Waals surface area contributed by atoms with Crippen molar-refractivity contribution >= 4 is 0 Å². The van der Waals surface area contributed by atoms with Gasteiger partial charge in [-0.15, -0.1) is 0 Å². The van der Waals surface area contributed by atoms with Gasteiger partial charge in [-0.05, 0) is 43.5 Å². The molecule has 2 heterocycles. The van der Waals surface area contributed by atoms with Crippen molar-refractivity contribution in [2.45, 2.75) is 37.9 Å². The summed E-state index contributed by atoms with van der Waals surface area (Å²) < 4.78 is 0. The third-order valence-electron chi connectivity index (χ3n) is 4.36. The fourth-order valence-corrected chi connectivity index (χ4v) is 3.50. The van der Waals surface area contributed by atoms with Crippen molar-refractivity contribution in [2.24, 2.45) is 5.73 Å². The van der Waals surface area contributed by atoms with Crippen LogP contribution in [0, 0.1) is 0 Å². The molecule has 0 aliphatic carbocycles. The van der Waals surface area contributed by atoms with Gasteiger partial charge in [0.2, 0.25) is 0 Å². The van der Waals surface area contributed by atoms with Crippen molar-refractivity contribution in [1.29, 1.82) is 0 Å². The standard InChI is InChI=1S/C18H23N3/c1-14(19)18(16-9-5-11-20-13-16)21-12-6-10-17(21)15-7-3-2-4-8-15/h2-5,7-9,11,13-14,17-18H,6,10,12,19H2,1H3. The van der Waals surface area contributed by atoms with Gasteiger partial charge < -0.3 is 5.73 Å². The van der Waals surface area contributed by atoms with E-state index in [-0.39, 0.29) is 12.1 Å². The van der Waals surface area contributed by atoms with Crippen LogP contribution in [0.1, 0.15) is 43.0 Å². The number of benzene rings is 1. The summed E-state index contributed by atoms with van der Waals surface area (Å²) in [6, 6.07) is 15.7. The van der Waals surface area contributed by atoms with Crippen LogP contribution in [0.3, 0.4) is 0 Å². The Labute approximate surface area is 126 Å². The van der Waals surface area contributed by atoms with Crippen molar-refractivity contribution < 1.29 is 0 Å². The van der Waals surface area contributed by atoms with Crippen molar-refractivity contribution in [3.05, 3.63) is 66.0 Å². The van der Waals surface area contributed by atoms with Crippen LogP contribution in [0.25, 0.3) is 0 Å². The van der Waals surface area contributed by atoms with Crippen molar-refractivity contribution in [2.75, 3.05) is 6.54 Å². The molecule has 3 rings (SSSR count). The van der Waals surface area contributed by atoms with Gasteiger partial charge in [-0.3, -0.25) is 9.88 Å². The maximum atomic E-state index is 6.32. The first kappa shape index (κ1) is 14.2. The van der Waals surface area contributed by atoms with Crippen LogP contribution in [0.4, 0.5) is 0 Å². The summed E-state index contributed by atoms with van der Waals surface area (Å²) in [5, 5.41) is 0. The monoisotopic (exact) mass is 281 g/mol. The second-order valence-electron chi connectivity index (χ2n) is 5.90. The van der Waals surface area contributed by atoms with E-state index in [1.165, 1.54) is 24.0 Å². The van der Waals surface area contributed by atoms with E-state index < -0.39 is 0 Å². The molecule has 1 aromatic carbocycles. The summed E-state index contributed by atoms with van der Waals surface area (Å²) in [5.41, 5.74) is 8.93. The lowest BCUT2D eigenvalue weighted by atomic mass is 9.97. The number of nitrogens with zero attached hydrogens (tertiary/aromatic N) is 2. The maximum absolute atomic E-state index is 6.32. The van der Waals surface area contributed by atoms with Crippen LogP contribution in [0.2, 0.25) is 0 Å². The Balaban J connectivity index is 1.92. The van der Waals surface area contributed by atoms with E-state index in [2.05, 4.69) is 53.2 Å². The lowest BCUT2D eigenvalue weighted by Crippen LogP contribution is -2.39. The predicted octanol–water partition coefficient (Wildman–Crippen LogP) is 3.31. The molecule has 3 nitrogen and oxygen atoms in total. The van der Waals surface area contributed by atoms with Crippen LogP contribution >= 0.6 is 0 Å². The molecule has 1 saturated heterocycles. The second kappa shape index (κ2) is 6.37. The minimum absolute atomic E-state index is 0.0820. The third kappa shape index (κ3) is 2.99. The molecule has 1 aliphatic heterocycles. The second-order valence-corrected chi connectivity index (χ2v) is 5.90. The van der Waals surface area contributed by atoms with Gasteiger partial charge in [0.05, 0.1) is 6.04 Å². The van der Waals surface area contributed by atoms with Gasteiger partial charge in [-0.2, -0.15) is 0 Å². The highest BCUT2D eigenvalue weighted by molar-refractivity contribution is 5.23. The number of nitrogens with two attached hydrogens (primary N) is 1. The summed E-state index contributed by atoms with van der Waals surface area (Å²) in [4.78, 5) is 6.83. The average molecular weight is 281 g/mol. The average Bonchev–Trinajstić information content (AvgIpc) is 2.98. The largest absolute Gasteiger partial charge is 0.326 e. The van der Waals surface area contributed by atoms with E-state index in [1.807, 2.05) is 18.5 Å². The predicted molar refractivity (Wildman–Crippen MR) is 85.8 cm³/mol. The molecule has 1 fully saturated rings. The highest BCUT2D eigenvalue weighted by Crippen LogP contribution is 2.39. The zero-order chi connectivity index (χ0) is 14.7. The molecule has 2 N–H and O–H groups in total. The molecular weight excluding hydrogens is 258 g/mol. The minimum Gasteiger partial charge on any atom is -0.326 e. The van der Waals surface area contributed by atoms with E-state index in [0.29, 0.717) is 6.04 Å². The number of hydrogen-bond donors (Lipinski definition) is 1. The summed E-state index contributed by atoms with van der Waals surface area (Å²) >= 11 is 0. The van der Waals surface area contributed by atoms with Crippen molar-refractivity contribution in [1.82, 2.24) is 9.88 Å². The summed E-state index contributed by atoms with van der Waals surface area (Å²) in [7, 11) is 0. The van der Waals surface area contributed by atoms with Gasteiger partial charge in [0.15, 0.2) is 0 Å². The smallest absolute Gasteiger partial charge is 0.0517 e. The van der Waals surface area contributed by atoms with Crippen molar-refractivity contribution in [3.63, 3.8) is 0 Å². The molecule has 0 spiro atoms. The van der Waals surface area contributed by atoms with Gasteiger partial charge in [0, 0.05) is 24.5 Å². The molecule has 0 amide bonds. The first-order valence-corrected chi connectivity index (χ1v) is 7.73. The quantitative estimate of drug-likeness (QED) is 0.935. The Morgan fingerprint density at radius 3 is 2.67 bits per heavy atom. The van der Waals surface area contributed by atoms with Crippen molar-refractivity contribution in [3.8, 4) is 0 Å². The topological polar surface area (TPSA) is 42.1 Å². The Morgan fingerprint density at radius 1 is 1.19 bits per heavy atom. The molecule has 110 valence electrons. The molecule has 1 aliphatic rings. The van der Waals surface area contributed by atoms with Gasteiger partial charge in [0.1, 0.15) is 0 Å². The number of pyridine rings is 1. The molecule has 0 bridgehead atoms. The summed E-state index contributed by atoms with van der Waals surface area (Å²) in [5.74, 6) is 0. The zero-order valence-electron chi connectivity index (χ0n) is 12.5. The number of likely N-dealkylation sites (tertiary alicyclic amines) is 1. The maximum Gasteiger partial charge on any atom is 0.0517 e. The molecule has 0 radical (unpaired) electrons. The molecule has 3 heteroatoms. The summed E-state index contributed by atoms with van der Waals surface area (Å²) in [6.45, 7) is 3.19. The summed E-state index contributed by atoms with van der Waals surface area (Å²) in [6.07, 6.45) is 6.20. The minimum atomic E-state index is 0.0820. The van der Waals surface area contributed by atoms with Crippen LogP contribution in [-0.2, 0) is 0 Å². The Hall–Kier alpha value is -1.71. The SMILES string of the molecule is CC(N)C(c1cccnc1)N1CCCC1c1ccccc1. The number of hydrogen-bond acceptors (Lipinski definition) is 3. The zero-order valence-corrected chi connectivity index (χ0v) is 12.5. The Morgan fingerprint density at radius 2 is 2.00 bits per heavy atom. The van der Waals surface area contributed by atoms with Crippen LogP contribution in [0.15, 0.2) is 54.9 Å². The fraction of sp³-hybridized carbons (Fsp3) is 0.389. The van der Waals surface area contributed by atoms with E-state index in [0.717, 1.165) is 6.54 Å². The third-order valence-corrected chi connectivity index (χ3v) is 4.36. The van der Waals surface area contributed by atoms with Crippen LogP contribution < -0.4 is 5.73 Å². The molecule has 1 aromatic heterocycles. The normalized spacial score (nSPS) is 22.1. The van der Waals surface area contributed by atoms with E-state index in [1.54, 1.807) is 0 Å². The van der Waals surface area contributed by atoms with E-state index >= 15 is 0 Å². The van der Waals surface area contributed by atoms with Crippen LogP contribution in [0.5, 0.6) is 0 Å². The molecule has 3 unspecified atom stereocenters. The van der Waals surface area contributed by atoms with Gasteiger partial charge in [0.25, 0.3) is 0 Å². The molecule has 2 aromatic rings. The Kier molecular flexibility index (Phi) is 4.32. The Bertz CT molecular complexity index is 553. The molecule has 21 heavy (non-hydrogen) atoms. The highest BCUT2D eigenvalue weighted by atomic mass is 15.2. The molecule has 0 saturated carbocycles. The van der Waals surface area contributed by atoms with E-state index in [4.69, 9.17) is 5.73 Å².